The largest absolute Gasteiger partial charge is 0.416 e. The number of aromatic nitrogens is 9. The third-order valence-electron chi connectivity index (χ3n) is 10.1. The lowest BCUT2D eigenvalue weighted by atomic mass is 10.1. The van der Waals surface area contributed by atoms with Crippen molar-refractivity contribution in [2.45, 2.75) is 13.1 Å². The second kappa shape index (κ2) is 14.3. The van der Waals surface area contributed by atoms with Gasteiger partial charge < -0.3 is 0 Å². The first-order chi connectivity index (χ1) is 28.8. The summed E-state index contributed by atoms with van der Waals surface area (Å²) in [7, 11) is 0. The Kier molecular flexibility index (Phi) is 8.59. The van der Waals surface area contributed by atoms with Crippen LogP contribution in [-0.4, -0.2) is 44.0 Å². The average Bonchev–Trinajstić information content (AvgIpc) is 3.87. The molecule has 0 saturated heterocycles. The normalized spacial score (nSPS) is 11.7. The van der Waals surface area contributed by atoms with Gasteiger partial charge in [0.1, 0.15) is 11.6 Å². The fourth-order valence-electron chi connectivity index (χ4n) is 7.21. The molecule has 0 atom stereocenters. The van der Waals surface area contributed by atoms with Gasteiger partial charge in [-0.15, -0.1) is 0 Å². The van der Waals surface area contributed by atoms with E-state index in [0.717, 1.165) is 67.8 Å². The van der Waals surface area contributed by atoms with Gasteiger partial charge in [-0.2, -0.15) is 13.2 Å². The summed E-state index contributed by atoms with van der Waals surface area (Å²) in [6.45, 7) is 1.99. The van der Waals surface area contributed by atoms with E-state index in [1.165, 1.54) is 12.1 Å². The van der Waals surface area contributed by atoms with E-state index in [1.54, 1.807) is 24.8 Å². The molecule has 0 spiro atoms. The van der Waals surface area contributed by atoms with Gasteiger partial charge in [0, 0.05) is 52.6 Å². The lowest BCUT2D eigenvalue weighted by Gasteiger charge is -2.17. The van der Waals surface area contributed by atoms with Crippen molar-refractivity contribution in [3.63, 3.8) is 0 Å². The smallest absolute Gasteiger partial charge is 0.292 e. The van der Waals surface area contributed by atoms with Crippen LogP contribution in [0.2, 0.25) is 0 Å². The molecule has 12 heteroatoms. The molecule has 284 valence electrons. The minimum Gasteiger partial charge on any atom is -0.292 e. The highest BCUT2D eigenvalue weighted by molar-refractivity contribution is 5.86. The van der Waals surface area contributed by atoms with Crippen LogP contribution in [0.5, 0.6) is 0 Å². The summed E-state index contributed by atoms with van der Waals surface area (Å²) >= 11 is 0. The van der Waals surface area contributed by atoms with Gasteiger partial charge in [-0.1, -0.05) is 66.2 Å². The Morgan fingerprint density at radius 1 is 0.441 bits per heavy atom. The summed E-state index contributed by atoms with van der Waals surface area (Å²) in [6, 6.07) is 42.2. The molecule has 0 aliphatic rings. The second-order valence-electron chi connectivity index (χ2n) is 14.0. The van der Waals surface area contributed by atoms with E-state index in [1.807, 2.05) is 116 Å². The molecule has 9 nitrogen and oxygen atoms in total. The van der Waals surface area contributed by atoms with Crippen molar-refractivity contribution < 1.29 is 13.2 Å². The van der Waals surface area contributed by atoms with E-state index in [0.29, 0.717) is 34.4 Å². The zero-order valence-electron chi connectivity index (χ0n) is 31.2. The van der Waals surface area contributed by atoms with Crippen LogP contribution < -0.4 is 0 Å². The first-order valence-electron chi connectivity index (χ1n) is 18.7. The first kappa shape index (κ1) is 35.5. The van der Waals surface area contributed by atoms with Crippen LogP contribution in [-0.2, 0) is 6.18 Å². The van der Waals surface area contributed by atoms with E-state index >= 15 is 0 Å². The number of hydrogen-bond acceptors (Lipinski definition) is 7. The molecule has 0 aliphatic carbocycles. The molecule has 5 aromatic heterocycles. The quantitative estimate of drug-likeness (QED) is 0.159. The number of hydrogen-bond donors (Lipinski definition) is 0. The van der Waals surface area contributed by atoms with Gasteiger partial charge in [-0.05, 0) is 85.8 Å². The van der Waals surface area contributed by atoms with Crippen LogP contribution in [0.1, 0.15) is 11.1 Å². The Labute approximate surface area is 335 Å². The molecule has 0 amide bonds. The van der Waals surface area contributed by atoms with Crippen molar-refractivity contribution in [3.8, 4) is 68.3 Å². The predicted octanol–water partition coefficient (Wildman–Crippen LogP) is 11.0. The number of imidazole rings is 2. The van der Waals surface area contributed by atoms with Crippen molar-refractivity contribution in [2.24, 2.45) is 0 Å². The van der Waals surface area contributed by atoms with Crippen LogP contribution in [0.25, 0.3) is 90.4 Å². The maximum atomic E-state index is 13.6. The van der Waals surface area contributed by atoms with Crippen molar-refractivity contribution in [2.75, 3.05) is 0 Å². The molecule has 5 heterocycles. The van der Waals surface area contributed by atoms with Crippen LogP contribution in [0.4, 0.5) is 13.2 Å². The maximum absolute atomic E-state index is 13.6. The molecule has 0 aliphatic heterocycles. The van der Waals surface area contributed by atoms with Crippen molar-refractivity contribution >= 4 is 22.1 Å². The minimum atomic E-state index is -4.50. The molecule has 0 radical (unpaired) electrons. The SMILES string of the molecule is Cc1ccc(-c2nc(-c3ccc(C(F)(F)F)cc3)nc(-c3cc(-n4c(-c5cccnc5)nc5ccccc54)cc(-n4c(-c5cccnc5)nc5ccccc54)c3)n2)cc1. The Morgan fingerprint density at radius 2 is 0.898 bits per heavy atom. The van der Waals surface area contributed by atoms with Crippen molar-refractivity contribution in [1.29, 1.82) is 0 Å². The maximum Gasteiger partial charge on any atom is 0.416 e. The van der Waals surface area contributed by atoms with E-state index in [4.69, 9.17) is 24.9 Å². The fourth-order valence-corrected chi connectivity index (χ4v) is 7.21. The highest BCUT2D eigenvalue weighted by Gasteiger charge is 2.30. The van der Waals surface area contributed by atoms with Crippen LogP contribution >= 0.6 is 0 Å². The van der Waals surface area contributed by atoms with E-state index in [9.17, 15) is 13.2 Å². The van der Waals surface area contributed by atoms with Crippen LogP contribution in [0.15, 0.2) is 164 Å². The summed E-state index contributed by atoms with van der Waals surface area (Å²) < 4.78 is 45.1. The van der Waals surface area contributed by atoms with Gasteiger partial charge in [0.05, 0.1) is 39.0 Å². The van der Waals surface area contributed by atoms with E-state index in [-0.39, 0.29) is 5.82 Å². The summed E-state index contributed by atoms with van der Waals surface area (Å²) in [5.74, 6) is 2.25. The highest BCUT2D eigenvalue weighted by atomic mass is 19.4. The molecule has 0 unspecified atom stereocenters. The van der Waals surface area contributed by atoms with Gasteiger partial charge in [0.15, 0.2) is 17.5 Å². The Morgan fingerprint density at radius 3 is 1.36 bits per heavy atom. The second-order valence-corrected chi connectivity index (χ2v) is 14.0. The number of alkyl halides is 3. The fraction of sp³-hybridized carbons (Fsp3) is 0.0426. The molecular weight excluding hydrogens is 748 g/mol. The third kappa shape index (κ3) is 6.65. The number of fused-ring (bicyclic) bond motifs is 2. The molecule has 10 rings (SSSR count). The number of benzene rings is 5. The van der Waals surface area contributed by atoms with E-state index in [2.05, 4.69) is 25.2 Å². The van der Waals surface area contributed by atoms with Crippen molar-refractivity contribution in [3.05, 3.63) is 175 Å². The highest BCUT2D eigenvalue weighted by Crippen LogP contribution is 2.37. The lowest BCUT2D eigenvalue weighted by Crippen LogP contribution is -2.06. The number of aryl methyl sites for hydroxylation is 1. The minimum absolute atomic E-state index is 0.222. The number of pyridine rings is 2. The van der Waals surface area contributed by atoms with Gasteiger partial charge in [-0.3, -0.25) is 19.1 Å². The van der Waals surface area contributed by atoms with E-state index < -0.39 is 11.7 Å². The Balaban J connectivity index is 1.28. The molecule has 0 N–H and O–H groups in total. The summed E-state index contributed by atoms with van der Waals surface area (Å²) in [5, 5.41) is 0. The lowest BCUT2D eigenvalue weighted by molar-refractivity contribution is -0.137. The van der Waals surface area contributed by atoms with Gasteiger partial charge >= 0.3 is 6.18 Å². The third-order valence-corrected chi connectivity index (χ3v) is 10.1. The monoisotopic (exact) mass is 777 g/mol. The van der Waals surface area contributed by atoms with Gasteiger partial charge in [-0.25, -0.2) is 24.9 Å². The molecule has 0 bridgehead atoms. The molecular formula is C47H30F3N9. The molecule has 0 fully saturated rings. The number of nitrogens with zero attached hydrogens (tertiary/aromatic N) is 9. The summed E-state index contributed by atoms with van der Waals surface area (Å²) in [5.41, 5.74) is 8.44. The van der Waals surface area contributed by atoms with Gasteiger partial charge in [0.2, 0.25) is 0 Å². The average molecular weight is 778 g/mol. The predicted molar refractivity (Wildman–Crippen MR) is 222 cm³/mol. The number of halogens is 3. The number of rotatable bonds is 7. The zero-order valence-corrected chi connectivity index (χ0v) is 31.2. The Hall–Kier alpha value is -7.86. The summed E-state index contributed by atoms with van der Waals surface area (Å²) in [6.07, 6.45) is 2.51. The topological polar surface area (TPSA) is 100 Å². The first-order valence-corrected chi connectivity index (χ1v) is 18.7. The summed E-state index contributed by atoms with van der Waals surface area (Å²) in [4.78, 5) is 33.8. The van der Waals surface area contributed by atoms with Crippen LogP contribution in [0.3, 0.4) is 0 Å². The standard InChI is InChI=1S/C47H30F3N9/c1-29-14-16-30(17-15-29)42-55-43(31-18-20-35(21-19-31)47(48,49)50)57-44(56-42)34-24-36(58-40-12-4-2-10-38(40)53-45(58)32-8-6-22-51-27-32)26-37(25-34)59-41-13-5-3-11-39(41)54-46(59)33-9-7-23-52-28-33/h2-28H,1H3. The Bertz CT molecular complexity index is 3010. The molecule has 5 aromatic carbocycles. The molecule has 0 saturated carbocycles. The van der Waals surface area contributed by atoms with Gasteiger partial charge in [0.25, 0.3) is 0 Å². The molecule has 59 heavy (non-hydrogen) atoms. The zero-order chi connectivity index (χ0) is 40.1. The molecule has 10 aromatic rings. The van der Waals surface area contributed by atoms with Crippen molar-refractivity contribution in [1.82, 2.24) is 44.0 Å². The number of para-hydroxylation sites is 4. The van der Waals surface area contributed by atoms with Crippen LogP contribution in [0, 0.1) is 6.92 Å².